The van der Waals surface area contributed by atoms with E-state index < -0.39 is 5.82 Å². The molecule has 2 aliphatic heterocycles. The molecule has 3 aromatic heterocycles. The lowest BCUT2D eigenvalue weighted by molar-refractivity contribution is 0.135. The number of halogens is 1. The Morgan fingerprint density at radius 2 is 2.06 bits per heavy atom. The maximum Gasteiger partial charge on any atom is 0.226 e. The van der Waals surface area contributed by atoms with Crippen LogP contribution in [0.4, 0.5) is 15.3 Å². The molecular weight excluding hydrogens is 470 g/mol. The Bertz CT molecular complexity index is 1550. The molecule has 0 bridgehead atoms. The van der Waals surface area contributed by atoms with Crippen molar-refractivity contribution >= 4 is 57.8 Å². The highest BCUT2D eigenvalue weighted by Gasteiger charge is 2.31. The van der Waals surface area contributed by atoms with Gasteiger partial charge in [-0.3, -0.25) is 4.98 Å². The van der Waals surface area contributed by atoms with E-state index in [1.165, 1.54) is 6.20 Å². The monoisotopic (exact) mass is 492 g/mol. The standard InChI is InChI=1S/C24H22FN6OPS/c1-10-3-11(2)31(7-10)24-29-5-13-14-8-32-9-15(14)17(21(33)19(13)30-24)20-18-12(4-26)23(27)34-22(18)16(25)6-28-20/h5-6,10-11H,3,7-9,27,33H2,1-2H3. The van der Waals surface area contributed by atoms with Crippen LogP contribution in [-0.2, 0) is 18.0 Å². The van der Waals surface area contributed by atoms with Gasteiger partial charge in [-0.15, -0.1) is 20.6 Å². The summed E-state index contributed by atoms with van der Waals surface area (Å²) in [5.41, 5.74) is 10.4. The van der Waals surface area contributed by atoms with Gasteiger partial charge in [-0.2, -0.15) is 5.26 Å². The first-order chi connectivity index (χ1) is 16.4. The van der Waals surface area contributed by atoms with Gasteiger partial charge in [0.25, 0.3) is 0 Å². The van der Waals surface area contributed by atoms with Crippen LogP contribution >= 0.6 is 20.6 Å². The fourth-order valence-corrected chi connectivity index (χ4v) is 6.80. The molecule has 2 N–H and O–H groups in total. The third kappa shape index (κ3) is 3.02. The lowest BCUT2D eigenvalue weighted by Crippen LogP contribution is -2.28. The summed E-state index contributed by atoms with van der Waals surface area (Å²) in [5.74, 6) is 0.796. The number of hydrogen-bond acceptors (Lipinski definition) is 8. The van der Waals surface area contributed by atoms with E-state index >= 15 is 0 Å². The molecule has 3 atom stereocenters. The Balaban J connectivity index is 1.66. The van der Waals surface area contributed by atoms with Crippen molar-refractivity contribution in [3.05, 3.63) is 34.9 Å². The maximum absolute atomic E-state index is 14.7. The van der Waals surface area contributed by atoms with E-state index in [1.807, 2.05) is 6.20 Å². The van der Waals surface area contributed by atoms with Gasteiger partial charge in [0.15, 0.2) is 5.82 Å². The van der Waals surface area contributed by atoms with E-state index in [4.69, 9.17) is 20.4 Å². The molecule has 0 amide bonds. The summed E-state index contributed by atoms with van der Waals surface area (Å²) < 4.78 is 20.8. The summed E-state index contributed by atoms with van der Waals surface area (Å²) in [6.07, 6.45) is 4.19. The van der Waals surface area contributed by atoms with Crippen molar-refractivity contribution in [3.63, 3.8) is 0 Å². The minimum Gasteiger partial charge on any atom is -0.389 e. The van der Waals surface area contributed by atoms with Crippen molar-refractivity contribution < 1.29 is 9.13 Å². The van der Waals surface area contributed by atoms with Crippen LogP contribution in [0.1, 0.15) is 37.0 Å². The molecule has 0 aliphatic carbocycles. The average molecular weight is 493 g/mol. The summed E-state index contributed by atoms with van der Waals surface area (Å²) in [6.45, 7) is 6.19. The lowest BCUT2D eigenvalue weighted by Gasteiger charge is -2.22. The van der Waals surface area contributed by atoms with Gasteiger partial charge in [0, 0.05) is 40.4 Å². The number of anilines is 2. The smallest absolute Gasteiger partial charge is 0.226 e. The zero-order valence-electron chi connectivity index (χ0n) is 18.7. The molecule has 4 aromatic rings. The number of nitrogens with zero attached hydrogens (tertiary/aromatic N) is 5. The van der Waals surface area contributed by atoms with E-state index in [0.717, 1.165) is 57.2 Å². The number of thiophene rings is 1. The zero-order valence-corrected chi connectivity index (χ0v) is 20.7. The molecule has 34 heavy (non-hydrogen) atoms. The SMILES string of the molecule is CC1CC(C)N(c2ncc3c4c(c(-c5ncc(F)c6sc(N)c(C#N)c56)c(P)c3n2)COC4)C1. The van der Waals surface area contributed by atoms with Crippen molar-refractivity contribution in [1.82, 2.24) is 15.0 Å². The second-order valence-electron chi connectivity index (χ2n) is 9.13. The quantitative estimate of drug-likeness (QED) is 0.417. The number of nitrogens with two attached hydrogens (primary N) is 1. The largest absolute Gasteiger partial charge is 0.389 e. The highest BCUT2D eigenvalue weighted by atomic mass is 32.1. The fourth-order valence-electron chi connectivity index (χ4n) is 5.35. The van der Waals surface area contributed by atoms with Crippen molar-refractivity contribution in [3.8, 4) is 17.3 Å². The second kappa shape index (κ2) is 7.81. The Labute approximate surface area is 202 Å². The molecule has 5 heterocycles. The molecule has 6 rings (SSSR count). The van der Waals surface area contributed by atoms with E-state index in [9.17, 15) is 9.65 Å². The number of hydrogen-bond donors (Lipinski definition) is 1. The van der Waals surface area contributed by atoms with Gasteiger partial charge in [-0.25, -0.2) is 14.4 Å². The number of aromatic nitrogens is 3. The highest BCUT2D eigenvalue weighted by Crippen LogP contribution is 2.43. The Morgan fingerprint density at radius 1 is 1.26 bits per heavy atom. The predicted molar refractivity (Wildman–Crippen MR) is 136 cm³/mol. The van der Waals surface area contributed by atoms with E-state index in [2.05, 4.69) is 39.0 Å². The summed E-state index contributed by atoms with van der Waals surface area (Å²) in [4.78, 5) is 16.4. The van der Waals surface area contributed by atoms with Crippen molar-refractivity contribution in [2.75, 3.05) is 17.2 Å². The van der Waals surface area contributed by atoms with E-state index in [-0.39, 0.29) is 10.6 Å². The molecule has 3 unspecified atom stereocenters. The summed E-state index contributed by atoms with van der Waals surface area (Å²) in [5, 5.41) is 12.3. The Hall–Kier alpha value is -2.92. The number of nitriles is 1. The third-order valence-corrected chi connectivity index (χ3v) is 8.46. The number of fused-ring (bicyclic) bond motifs is 4. The average Bonchev–Trinajstić information content (AvgIpc) is 3.52. The van der Waals surface area contributed by atoms with Gasteiger partial charge in [-0.1, -0.05) is 6.92 Å². The van der Waals surface area contributed by atoms with E-state index in [0.29, 0.717) is 46.9 Å². The number of nitrogen functional groups attached to an aromatic ring is 1. The number of pyridine rings is 1. The molecular formula is C24H22FN6OPS. The van der Waals surface area contributed by atoms with Crippen LogP contribution < -0.4 is 15.9 Å². The van der Waals surface area contributed by atoms with Gasteiger partial charge < -0.3 is 15.4 Å². The van der Waals surface area contributed by atoms with Crippen LogP contribution in [0.25, 0.3) is 32.2 Å². The lowest BCUT2D eigenvalue weighted by atomic mass is 9.94. The molecule has 172 valence electrons. The maximum atomic E-state index is 14.7. The first kappa shape index (κ1) is 21.6. The number of benzene rings is 1. The first-order valence-electron chi connectivity index (χ1n) is 11.1. The van der Waals surface area contributed by atoms with Gasteiger partial charge in [-0.05, 0) is 30.4 Å². The topological polar surface area (TPSA) is 101 Å². The van der Waals surface area contributed by atoms with Crippen molar-refractivity contribution in [1.29, 1.82) is 5.26 Å². The predicted octanol–water partition coefficient (Wildman–Crippen LogP) is 4.26. The molecule has 0 radical (unpaired) electrons. The zero-order chi connectivity index (χ0) is 23.7. The van der Waals surface area contributed by atoms with Crippen LogP contribution in [0.15, 0.2) is 12.4 Å². The number of ether oxygens (including phenoxy) is 1. The normalized spacial score (nSPS) is 19.8. The van der Waals surface area contributed by atoms with E-state index in [1.54, 1.807) is 0 Å². The van der Waals surface area contributed by atoms with Gasteiger partial charge in [0.05, 0.1) is 40.9 Å². The molecule has 2 aliphatic rings. The van der Waals surface area contributed by atoms with Crippen LogP contribution in [-0.4, -0.2) is 27.5 Å². The van der Waals surface area contributed by atoms with Crippen LogP contribution in [0.5, 0.6) is 0 Å². The van der Waals surface area contributed by atoms with Crippen molar-refractivity contribution in [2.45, 2.75) is 39.5 Å². The molecule has 1 aromatic carbocycles. The Kier molecular flexibility index (Phi) is 4.96. The minimum absolute atomic E-state index is 0.252. The summed E-state index contributed by atoms with van der Waals surface area (Å²) in [7, 11) is 2.80. The van der Waals surface area contributed by atoms with Crippen LogP contribution in [0.3, 0.4) is 0 Å². The molecule has 1 saturated heterocycles. The third-order valence-electron chi connectivity index (χ3n) is 6.87. The molecule has 0 spiro atoms. The van der Waals surface area contributed by atoms with Crippen LogP contribution in [0, 0.1) is 23.1 Å². The highest BCUT2D eigenvalue weighted by molar-refractivity contribution is 7.29. The second-order valence-corrected chi connectivity index (χ2v) is 10.8. The van der Waals surface area contributed by atoms with Crippen molar-refractivity contribution in [2.24, 2.45) is 5.92 Å². The molecule has 10 heteroatoms. The molecule has 0 saturated carbocycles. The van der Waals surface area contributed by atoms with Gasteiger partial charge in [0.2, 0.25) is 5.95 Å². The van der Waals surface area contributed by atoms with Crippen LogP contribution in [0.2, 0.25) is 0 Å². The Morgan fingerprint density at radius 3 is 2.79 bits per heavy atom. The van der Waals surface area contributed by atoms with Gasteiger partial charge in [0.1, 0.15) is 11.1 Å². The number of rotatable bonds is 2. The minimum atomic E-state index is -0.488. The van der Waals surface area contributed by atoms with Gasteiger partial charge >= 0.3 is 0 Å². The molecule has 7 nitrogen and oxygen atoms in total. The summed E-state index contributed by atoms with van der Waals surface area (Å²) >= 11 is 1.07. The fraction of sp³-hybridized carbons (Fsp3) is 0.333. The molecule has 1 fully saturated rings. The first-order valence-corrected chi connectivity index (χ1v) is 12.5. The summed E-state index contributed by atoms with van der Waals surface area (Å²) in [6, 6.07) is 2.51.